The molecule has 0 saturated heterocycles. The summed E-state index contributed by atoms with van der Waals surface area (Å²) in [6.07, 6.45) is 0. The zero-order valence-corrected chi connectivity index (χ0v) is 23.7. The van der Waals surface area contributed by atoms with E-state index in [2.05, 4.69) is 4.99 Å². The molecule has 1 unspecified atom stereocenters. The van der Waals surface area contributed by atoms with Crippen molar-refractivity contribution in [1.29, 1.82) is 0 Å². The fraction of sp³-hybridized carbons (Fsp3) is 0.152. The Morgan fingerprint density at radius 3 is 2.26 bits per heavy atom. The summed E-state index contributed by atoms with van der Waals surface area (Å²) in [4.78, 5) is 28.6. The monoisotopic (exact) mass is 580 g/mol. The van der Waals surface area contributed by atoms with Crippen molar-refractivity contribution >= 4 is 35.1 Å². The van der Waals surface area contributed by atoms with Gasteiger partial charge in [-0.25, -0.2) is 9.80 Å². The van der Waals surface area contributed by atoms with Crippen molar-refractivity contribution in [2.24, 2.45) is 15.8 Å². The molecule has 1 amide bonds. The van der Waals surface area contributed by atoms with Crippen molar-refractivity contribution < 1.29 is 19.1 Å². The standard InChI is InChI=1S/C33H29ClN4O4/c1-2-41-32(40)26-10-8-22(9-11-26)21-42-28-18-14-24(15-19-28)30-29(23-6-4-3-5-7-23)20-38(37-30)33(35)36-31(39)25-12-16-27(34)17-13-25/h3-19,29H,2,20-21H2,1H3,(H2,35,36,39). The van der Waals surface area contributed by atoms with E-state index in [-0.39, 0.29) is 17.8 Å². The first-order chi connectivity index (χ1) is 20.4. The van der Waals surface area contributed by atoms with E-state index in [1.54, 1.807) is 48.3 Å². The van der Waals surface area contributed by atoms with Crippen LogP contribution in [-0.2, 0) is 11.3 Å². The molecule has 0 radical (unpaired) electrons. The van der Waals surface area contributed by atoms with Gasteiger partial charge in [0.05, 0.1) is 24.4 Å². The second-order valence-electron chi connectivity index (χ2n) is 9.54. The fourth-order valence-electron chi connectivity index (χ4n) is 4.51. The number of carbonyl (C=O) groups excluding carboxylic acids is 2. The molecule has 2 N–H and O–H groups in total. The number of ether oxygens (including phenoxy) is 2. The first kappa shape index (κ1) is 28.6. The fourth-order valence-corrected chi connectivity index (χ4v) is 4.64. The Bertz CT molecular complexity index is 1600. The van der Waals surface area contributed by atoms with Crippen molar-refractivity contribution in [3.8, 4) is 5.75 Å². The number of amides is 1. The third-order valence-electron chi connectivity index (χ3n) is 6.71. The predicted octanol–water partition coefficient (Wildman–Crippen LogP) is 6.05. The molecule has 1 heterocycles. The van der Waals surface area contributed by atoms with Crippen LogP contribution >= 0.6 is 11.6 Å². The maximum atomic E-state index is 12.7. The van der Waals surface area contributed by atoms with Crippen LogP contribution in [-0.4, -0.2) is 41.7 Å². The molecule has 0 bridgehead atoms. The number of hydrogen-bond acceptors (Lipinski definition) is 5. The average Bonchev–Trinajstić information content (AvgIpc) is 3.47. The molecular formula is C33H29ClN4O4. The first-order valence-corrected chi connectivity index (χ1v) is 13.8. The number of hydrogen-bond donors (Lipinski definition) is 1. The van der Waals surface area contributed by atoms with Gasteiger partial charge in [0.2, 0.25) is 5.96 Å². The summed E-state index contributed by atoms with van der Waals surface area (Å²) in [5.74, 6) is -0.199. The highest BCUT2D eigenvalue weighted by molar-refractivity contribution is 6.30. The van der Waals surface area contributed by atoms with Crippen molar-refractivity contribution in [2.45, 2.75) is 19.4 Å². The van der Waals surface area contributed by atoms with E-state index in [1.165, 1.54) is 0 Å². The van der Waals surface area contributed by atoms with Gasteiger partial charge in [-0.1, -0.05) is 54.1 Å². The Morgan fingerprint density at radius 1 is 0.929 bits per heavy atom. The summed E-state index contributed by atoms with van der Waals surface area (Å²) in [6.45, 7) is 2.89. The summed E-state index contributed by atoms with van der Waals surface area (Å²) in [5, 5.41) is 6.87. The number of guanidine groups is 1. The summed E-state index contributed by atoms with van der Waals surface area (Å²) in [6, 6.07) is 31.3. The topological polar surface area (TPSA) is 107 Å². The molecular weight excluding hydrogens is 552 g/mol. The molecule has 9 heteroatoms. The quantitative estimate of drug-likeness (QED) is 0.154. The second-order valence-corrected chi connectivity index (χ2v) is 9.98. The van der Waals surface area contributed by atoms with Crippen LogP contribution in [0.4, 0.5) is 0 Å². The van der Waals surface area contributed by atoms with Crippen LogP contribution in [0, 0.1) is 0 Å². The number of carbonyl (C=O) groups is 2. The number of nitrogens with two attached hydrogens (primary N) is 1. The molecule has 1 aliphatic rings. The molecule has 0 spiro atoms. The van der Waals surface area contributed by atoms with E-state index in [0.29, 0.717) is 41.7 Å². The molecule has 0 aliphatic carbocycles. The molecule has 212 valence electrons. The molecule has 0 saturated carbocycles. The van der Waals surface area contributed by atoms with Gasteiger partial charge >= 0.3 is 5.97 Å². The highest BCUT2D eigenvalue weighted by Gasteiger charge is 2.31. The van der Waals surface area contributed by atoms with Gasteiger partial charge in [0.1, 0.15) is 12.4 Å². The van der Waals surface area contributed by atoms with Gasteiger partial charge in [-0.2, -0.15) is 10.1 Å². The van der Waals surface area contributed by atoms with Crippen LogP contribution in [0.25, 0.3) is 0 Å². The minimum atomic E-state index is -0.471. The van der Waals surface area contributed by atoms with Crippen LogP contribution in [0.15, 0.2) is 113 Å². The summed E-state index contributed by atoms with van der Waals surface area (Å²) in [5.41, 5.74) is 10.9. The smallest absolute Gasteiger partial charge is 0.338 e. The molecule has 0 aromatic heterocycles. The number of nitrogens with zero attached hydrogens (tertiary/aromatic N) is 3. The Morgan fingerprint density at radius 2 is 1.60 bits per heavy atom. The number of rotatable bonds is 8. The number of benzene rings is 4. The van der Waals surface area contributed by atoms with Gasteiger partial charge < -0.3 is 15.2 Å². The number of hydrazone groups is 1. The van der Waals surface area contributed by atoms with Gasteiger partial charge in [-0.05, 0) is 84.3 Å². The molecule has 4 aromatic carbocycles. The molecule has 5 rings (SSSR count). The normalized spacial score (nSPS) is 14.8. The third-order valence-corrected chi connectivity index (χ3v) is 6.96. The lowest BCUT2D eigenvalue weighted by molar-refractivity contribution is 0.0526. The molecule has 0 fully saturated rings. The molecule has 1 atom stereocenters. The summed E-state index contributed by atoms with van der Waals surface area (Å²) >= 11 is 5.93. The van der Waals surface area contributed by atoms with Crippen LogP contribution in [0.3, 0.4) is 0 Å². The van der Waals surface area contributed by atoms with Gasteiger partial charge in [0, 0.05) is 16.5 Å². The first-order valence-electron chi connectivity index (χ1n) is 13.5. The zero-order chi connectivity index (χ0) is 29.5. The van der Waals surface area contributed by atoms with Crippen LogP contribution < -0.4 is 10.5 Å². The zero-order valence-electron chi connectivity index (χ0n) is 22.9. The maximum absolute atomic E-state index is 12.7. The van der Waals surface area contributed by atoms with E-state index >= 15 is 0 Å². The van der Waals surface area contributed by atoms with Crippen molar-refractivity contribution in [1.82, 2.24) is 5.01 Å². The van der Waals surface area contributed by atoms with Crippen molar-refractivity contribution in [2.75, 3.05) is 13.2 Å². The Kier molecular flexibility index (Phi) is 8.94. The summed E-state index contributed by atoms with van der Waals surface area (Å²) in [7, 11) is 0. The second kappa shape index (κ2) is 13.1. The Hall–Kier alpha value is -4.95. The van der Waals surface area contributed by atoms with E-state index in [4.69, 9.17) is 31.9 Å². The lowest BCUT2D eigenvalue weighted by Crippen LogP contribution is -2.33. The molecule has 4 aromatic rings. The number of halogens is 1. The minimum absolute atomic E-state index is 0.0137. The van der Waals surface area contributed by atoms with Crippen LogP contribution in [0.5, 0.6) is 5.75 Å². The third kappa shape index (κ3) is 6.85. The molecule has 1 aliphatic heterocycles. The minimum Gasteiger partial charge on any atom is -0.489 e. The van der Waals surface area contributed by atoms with E-state index < -0.39 is 5.91 Å². The van der Waals surface area contributed by atoms with E-state index in [0.717, 1.165) is 22.4 Å². The lowest BCUT2D eigenvalue weighted by Gasteiger charge is -2.15. The van der Waals surface area contributed by atoms with E-state index in [9.17, 15) is 9.59 Å². The van der Waals surface area contributed by atoms with Crippen LogP contribution in [0.2, 0.25) is 5.02 Å². The van der Waals surface area contributed by atoms with E-state index in [1.807, 2.05) is 66.7 Å². The van der Waals surface area contributed by atoms with Gasteiger partial charge in [-0.3, -0.25) is 4.79 Å². The van der Waals surface area contributed by atoms with Crippen molar-refractivity contribution in [3.05, 3.63) is 136 Å². The lowest BCUT2D eigenvalue weighted by atomic mass is 9.90. The maximum Gasteiger partial charge on any atom is 0.338 e. The van der Waals surface area contributed by atoms with Crippen LogP contribution in [0.1, 0.15) is 50.2 Å². The van der Waals surface area contributed by atoms with Gasteiger partial charge in [0.25, 0.3) is 5.91 Å². The Labute approximate surface area is 249 Å². The SMILES string of the molecule is CCOC(=O)c1ccc(COc2ccc(C3=NN(C(N)=NC(=O)c4ccc(Cl)cc4)CC3c3ccccc3)cc2)cc1. The Balaban J connectivity index is 1.31. The average molecular weight is 581 g/mol. The number of esters is 1. The molecule has 42 heavy (non-hydrogen) atoms. The summed E-state index contributed by atoms with van der Waals surface area (Å²) < 4.78 is 11.0. The van der Waals surface area contributed by atoms with Crippen molar-refractivity contribution in [3.63, 3.8) is 0 Å². The molecule has 8 nitrogen and oxygen atoms in total. The number of aliphatic imine (C=N–C) groups is 1. The largest absolute Gasteiger partial charge is 0.489 e. The van der Waals surface area contributed by atoms with Gasteiger partial charge in [0.15, 0.2) is 0 Å². The predicted molar refractivity (Wildman–Crippen MR) is 163 cm³/mol. The highest BCUT2D eigenvalue weighted by atomic mass is 35.5. The highest BCUT2D eigenvalue weighted by Crippen LogP contribution is 2.29. The van der Waals surface area contributed by atoms with Gasteiger partial charge in [-0.15, -0.1) is 0 Å².